The van der Waals surface area contributed by atoms with Gasteiger partial charge in [-0.25, -0.2) is 4.39 Å². The molecule has 0 radical (unpaired) electrons. The first-order chi connectivity index (χ1) is 15.3. The number of aliphatic hydroxyl groups is 1. The third-order valence-electron chi connectivity index (χ3n) is 8.84. The molecule has 184 valence electrons. The lowest BCUT2D eigenvalue weighted by Crippen LogP contribution is -2.71. The minimum absolute atomic E-state index is 0.143. The van der Waals surface area contributed by atoms with Crippen LogP contribution in [0.1, 0.15) is 72.6 Å². The fourth-order valence-corrected chi connectivity index (χ4v) is 7.21. The molecule has 3 saturated carbocycles. The van der Waals surface area contributed by atoms with E-state index in [1.165, 1.54) is 13.8 Å². The monoisotopic (exact) mass is 466 g/mol. The molecule has 1 unspecified atom stereocenters. The number of aliphatic hydroxyl groups excluding tert-OH is 1. The molecule has 33 heavy (non-hydrogen) atoms. The summed E-state index contributed by atoms with van der Waals surface area (Å²) in [6.07, 6.45) is 1.61. The van der Waals surface area contributed by atoms with Gasteiger partial charge in [-0.15, -0.1) is 6.58 Å². The van der Waals surface area contributed by atoms with Gasteiger partial charge in [0, 0.05) is 31.6 Å². The van der Waals surface area contributed by atoms with Crippen molar-refractivity contribution in [3.63, 3.8) is 0 Å². The quantitative estimate of drug-likeness (QED) is 0.453. The molecule has 3 aliphatic rings. The maximum atomic E-state index is 17.0. The van der Waals surface area contributed by atoms with Crippen molar-refractivity contribution >= 4 is 23.5 Å². The second-order valence-electron chi connectivity index (χ2n) is 10.4. The molecule has 0 spiro atoms. The predicted molar refractivity (Wildman–Crippen MR) is 117 cm³/mol. The molecular formula is C25H35FO7. The molecule has 3 rings (SSSR count). The number of carbonyl (C=O) groups is 4. The molecule has 3 aliphatic carbocycles. The van der Waals surface area contributed by atoms with Gasteiger partial charge in [0.15, 0.2) is 17.9 Å². The van der Waals surface area contributed by atoms with E-state index in [-0.39, 0.29) is 37.9 Å². The number of esters is 2. The highest BCUT2D eigenvalue weighted by molar-refractivity contribution is 5.93. The summed E-state index contributed by atoms with van der Waals surface area (Å²) in [6, 6.07) is 0. The van der Waals surface area contributed by atoms with Crippen LogP contribution in [0.3, 0.4) is 0 Å². The van der Waals surface area contributed by atoms with Gasteiger partial charge in [0.2, 0.25) is 5.78 Å². The summed E-state index contributed by atoms with van der Waals surface area (Å²) in [5, 5.41) is 11.3. The van der Waals surface area contributed by atoms with Crippen molar-refractivity contribution in [2.75, 3.05) is 6.61 Å². The largest absolute Gasteiger partial charge is 0.458 e. The average molecular weight is 467 g/mol. The highest BCUT2D eigenvalue weighted by atomic mass is 19.1. The van der Waals surface area contributed by atoms with Crippen molar-refractivity contribution in [2.45, 2.75) is 90.0 Å². The number of ketones is 2. The van der Waals surface area contributed by atoms with Crippen molar-refractivity contribution in [3.05, 3.63) is 12.7 Å². The zero-order valence-corrected chi connectivity index (χ0v) is 19.9. The van der Waals surface area contributed by atoms with E-state index in [1.54, 1.807) is 19.9 Å². The summed E-state index contributed by atoms with van der Waals surface area (Å²) in [7, 11) is 0. The Balaban J connectivity index is 2.07. The summed E-state index contributed by atoms with van der Waals surface area (Å²) in [5.74, 6) is -3.18. The number of carbonyl (C=O) groups excluding carboxylic acids is 4. The summed E-state index contributed by atoms with van der Waals surface area (Å²) in [6.45, 7) is 8.84. The molecule has 7 atom stereocenters. The normalized spacial score (nSPS) is 42.1. The molecule has 7 nitrogen and oxygen atoms in total. The Hall–Kier alpha value is -2.09. The van der Waals surface area contributed by atoms with Gasteiger partial charge in [0.1, 0.15) is 5.78 Å². The molecule has 0 saturated heterocycles. The summed E-state index contributed by atoms with van der Waals surface area (Å²) < 4.78 is 27.6. The van der Waals surface area contributed by atoms with Crippen LogP contribution < -0.4 is 0 Å². The van der Waals surface area contributed by atoms with Crippen LogP contribution in [-0.2, 0) is 28.7 Å². The van der Waals surface area contributed by atoms with Gasteiger partial charge in [-0.3, -0.25) is 19.2 Å². The first-order valence-corrected chi connectivity index (χ1v) is 11.7. The third-order valence-corrected chi connectivity index (χ3v) is 8.84. The van der Waals surface area contributed by atoms with E-state index < -0.39 is 64.4 Å². The molecule has 0 aromatic carbocycles. The van der Waals surface area contributed by atoms with Gasteiger partial charge in [-0.1, -0.05) is 13.0 Å². The number of allylic oxidation sites excluding steroid dienone is 1. The second kappa shape index (κ2) is 8.60. The molecule has 0 aromatic heterocycles. The van der Waals surface area contributed by atoms with Crippen LogP contribution in [0.5, 0.6) is 0 Å². The van der Waals surface area contributed by atoms with E-state index in [2.05, 4.69) is 6.58 Å². The Bertz CT molecular complexity index is 871. The van der Waals surface area contributed by atoms with Gasteiger partial charge in [0.25, 0.3) is 0 Å². The number of fused-ring (bicyclic) bond motifs is 3. The maximum absolute atomic E-state index is 17.0. The smallest absolute Gasteiger partial charge is 0.303 e. The van der Waals surface area contributed by atoms with Crippen molar-refractivity contribution < 1.29 is 38.1 Å². The molecule has 8 heteroatoms. The van der Waals surface area contributed by atoms with Gasteiger partial charge < -0.3 is 14.6 Å². The fraction of sp³-hybridized carbons (Fsp3) is 0.760. The lowest BCUT2D eigenvalue weighted by molar-refractivity contribution is -0.236. The molecule has 0 aromatic rings. The number of halogens is 1. The Kier molecular flexibility index (Phi) is 6.65. The number of ether oxygens (including phenoxy) is 2. The fourth-order valence-electron chi connectivity index (χ4n) is 7.21. The lowest BCUT2D eigenvalue weighted by atomic mass is 9.45. The summed E-state index contributed by atoms with van der Waals surface area (Å²) >= 11 is 0. The van der Waals surface area contributed by atoms with E-state index in [4.69, 9.17) is 9.47 Å². The van der Waals surface area contributed by atoms with E-state index in [0.717, 1.165) is 0 Å². The van der Waals surface area contributed by atoms with Crippen LogP contribution in [0.15, 0.2) is 12.7 Å². The number of hydrogen-bond acceptors (Lipinski definition) is 7. The molecule has 0 heterocycles. The van der Waals surface area contributed by atoms with Crippen LogP contribution in [0.2, 0.25) is 0 Å². The molecular weight excluding hydrogens is 431 g/mol. The first kappa shape index (κ1) is 25.5. The van der Waals surface area contributed by atoms with Crippen molar-refractivity contribution in [1.29, 1.82) is 0 Å². The van der Waals surface area contributed by atoms with Gasteiger partial charge in [-0.2, -0.15) is 0 Å². The van der Waals surface area contributed by atoms with E-state index in [9.17, 15) is 24.3 Å². The van der Waals surface area contributed by atoms with Crippen molar-refractivity contribution in [2.24, 2.45) is 22.7 Å². The van der Waals surface area contributed by atoms with Crippen LogP contribution in [-0.4, -0.2) is 52.6 Å². The molecule has 1 N–H and O–H groups in total. The van der Waals surface area contributed by atoms with E-state index >= 15 is 4.39 Å². The Labute approximate surface area is 194 Å². The van der Waals surface area contributed by atoms with Crippen molar-refractivity contribution in [1.82, 2.24) is 0 Å². The Morgan fingerprint density at radius 3 is 2.42 bits per heavy atom. The zero-order valence-electron chi connectivity index (χ0n) is 19.9. The lowest BCUT2D eigenvalue weighted by Gasteiger charge is -2.61. The molecule has 3 fully saturated rings. The minimum atomic E-state index is -2.17. The van der Waals surface area contributed by atoms with Crippen LogP contribution in [0.4, 0.5) is 4.39 Å². The highest BCUT2D eigenvalue weighted by Crippen LogP contribution is 2.69. The number of alkyl halides is 1. The van der Waals surface area contributed by atoms with Crippen LogP contribution in [0, 0.1) is 22.7 Å². The summed E-state index contributed by atoms with van der Waals surface area (Å²) in [5.41, 5.74) is -6.25. The topological polar surface area (TPSA) is 107 Å². The highest BCUT2D eigenvalue weighted by Gasteiger charge is 2.76. The van der Waals surface area contributed by atoms with Gasteiger partial charge >= 0.3 is 11.9 Å². The number of hydrogen-bond donors (Lipinski definition) is 1. The molecule has 0 amide bonds. The van der Waals surface area contributed by atoms with Crippen LogP contribution in [0.25, 0.3) is 0 Å². The van der Waals surface area contributed by atoms with E-state index in [1.807, 2.05) is 0 Å². The standard InChI is InChI=1S/C25H35FO7/c1-6-7-11-22(4)19(29)9-8-18-17-10-12-24(33-16(3)28,21(31)14-32-15(2)27)23(17,5)13-20(30)25(18,22)26/h6,17-18,20,30H,1,7-14H2,2-5H3/t17-,18-,20-,22-,23-,24-,25?/m0/s1. The maximum Gasteiger partial charge on any atom is 0.303 e. The van der Waals surface area contributed by atoms with Crippen LogP contribution >= 0.6 is 0 Å². The Morgan fingerprint density at radius 1 is 1.18 bits per heavy atom. The first-order valence-electron chi connectivity index (χ1n) is 11.7. The molecule has 0 bridgehead atoms. The SMILES string of the molecule is C=CCC[C@@]1(C)C(=O)CC[C@H]2[C@@H]3CC[C@](OC(C)=O)(C(=O)COC(C)=O)[C@@]3(C)C[C@H](O)C21F. The predicted octanol–water partition coefficient (Wildman–Crippen LogP) is 3.26. The second-order valence-corrected chi connectivity index (χ2v) is 10.4. The Morgan fingerprint density at radius 2 is 1.85 bits per heavy atom. The van der Waals surface area contributed by atoms with Crippen molar-refractivity contribution in [3.8, 4) is 0 Å². The average Bonchev–Trinajstić information content (AvgIpc) is 3.01. The third kappa shape index (κ3) is 3.56. The number of Topliss-reactive ketones (excluding diaryl/α,β-unsaturated/α-hetero) is 2. The van der Waals surface area contributed by atoms with E-state index in [0.29, 0.717) is 12.8 Å². The minimum Gasteiger partial charge on any atom is -0.458 e. The summed E-state index contributed by atoms with van der Waals surface area (Å²) in [4.78, 5) is 49.7. The molecule has 0 aliphatic heterocycles. The van der Waals surface area contributed by atoms with Gasteiger partial charge in [-0.05, 0) is 51.4 Å². The number of rotatable bonds is 7. The zero-order chi connectivity index (χ0) is 24.8. The van der Waals surface area contributed by atoms with Gasteiger partial charge in [0.05, 0.1) is 11.5 Å².